The fraction of sp³-hybridized carbons (Fsp3) is 0.300. The van der Waals surface area contributed by atoms with E-state index in [1.165, 1.54) is 35.5 Å². The molecule has 1 amide bonds. The standard InChI is InChI=1S/C20H20Cl2N2O4S/c1-13(25)14-2-5-17(6-3-14)29(27,28)24-10-8-15(9-11-24)20(26)23-19-12-16(21)4-7-18(19)22/h2-7,12,15H,8-11H2,1H3,(H,23,26). The number of sulfonamides is 1. The molecule has 1 fully saturated rings. The van der Waals surface area contributed by atoms with Gasteiger partial charge in [-0.05, 0) is 50.1 Å². The van der Waals surface area contributed by atoms with Gasteiger partial charge in [0.2, 0.25) is 15.9 Å². The molecule has 2 aromatic carbocycles. The maximum absolute atomic E-state index is 12.8. The minimum absolute atomic E-state index is 0.124. The Bertz CT molecular complexity index is 1030. The fourth-order valence-electron chi connectivity index (χ4n) is 3.20. The van der Waals surface area contributed by atoms with E-state index in [0.29, 0.717) is 34.1 Å². The summed E-state index contributed by atoms with van der Waals surface area (Å²) in [7, 11) is -3.67. The molecule has 1 aliphatic heterocycles. The molecule has 0 saturated carbocycles. The van der Waals surface area contributed by atoms with Crippen molar-refractivity contribution in [1.29, 1.82) is 0 Å². The zero-order valence-electron chi connectivity index (χ0n) is 15.7. The van der Waals surface area contributed by atoms with E-state index in [1.54, 1.807) is 18.2 Å². The second-order valence-electron chi connectivity index (χ2n) is 6.87. The third kappa shape index (κ3) is 4.98. The zero-order valence-corrected chi connectivity index (χ0v) is 18.0. The van der Waals surface area contributed by atoms with Crippen LogP contribution in [0.25, 0.3) is 0 Å². The Hall–Kier alpha value is -1.93. The SMILES string of the molecule is CC(=O)c1ccc(S(=O)(=O)N2CCC(C(=O)Nc3cc(Cl)ccc3Cl)CC2)cc1. The normalized spacial score (nSPS) is 15.8. The van der Waals surface area contributed by atoms with E-state index in [4.69, 9.17) is 23.2 Å². The molecule has 0 radical (unpaired) electrons. The molecule has 9 heteroatoms. The van der Waals surface area contributed by atoms with Gasteiger partial charge in [0.05, 0.1) is 15.6 Å². The van der Waals surface area contributed by atoms with Gasteiger partial charge in [-0.3, -0.25) is 9.59 Å². The largest absolute Gasteiger partial charge is 0.324 e. The molecule has 0 atom stereocenters. The summed E-state index contributed by atoms with van der Waals surface area (Å²) >= 11 is 12.0. The molecule has 1 saturated heterocycles. The Morgan fingerprint density at radius 1 is 1.03 bits per heavy atom. The molecular formula is C20H20Cl2N2O4S. The maximum atomic E-state index is 12.8. The first-order valence-corrected chi connectivity index (χ1v) is 11.2. The number of ketones is 1. The number of halogens is 2. The lowest BCUT2D eigenvalue weighted by Crippen LogP contribution is -2.41. The summed E-state index contributed by atoms with van der Waals surface area (Å²) in [6.07, 6.45) is 0.795. The number of anilines is 1. The molecule has 6 nitrogen and oxygen atoms in total. The average Bonchev–Trinajstić information content (AvgIpc) is 2.71. The topological polar surface area (TPSA) is 83.6 Å². The molecule has 1 N–H and O–H groups in total. The summed E-state index contributed by atoms with van der Waals surface area (Å²) in [6, 6.07) is 10.7. The van der Waals surface area contributed by atoms with E-state index in [1.807, 2.05) is 0 Å². The number of piperidine rings is 1. The number of benzene rings is 2. The van der Waals surface area contributed by atoms with Crippen LogP contribution >= 0.6 is 23.2 Å². The summed E-state index contributed by atoms with van der Waals surface area (Å²) in [5.74, 6) is -0.658. The lowest BCUT2D eigenvalue weighted by atomic mass is 9.97. The van der Waals surface area contributed by atoms with Crippen molar-refractivity contribution in [2.45, 2.75) is 24.7 Å². The number of hydrogen-bond donors (Lipinski definition) is 1. The van der Waals surface area contributed by atoms with E-state index in [-0.39, 0.29) is 35.6 Å². The van der Waals surface area contributed by atoms with Crippen molar-refractivity contribution in [2.75, 3.05) is 18.4 Å². The first-order chi connectivity index (χ1) is 13.7. The monoisotopic (exact) mass is 454 g/mol. The molecule has 1 heterocycles. The van der Waals surface area contributed by atoms with Crippen molar-refractivity contribution < 1.29 is 18.0 Å². The number of hydrogen-bond acceptors (Lipinski definition) is 4. The van der Waals surface area contributed by atoms with Gasteiger partial charge in [0.15, 0.2) is 5.78 Å². The molecular weight excluding hydrogens is 435 g/mol. The summed E-state index contributed by atoms with van der Waals surface area (Å²) in [6.45, 7) is 1.90. The number of Topliss-reactive ketones (excluding diaryl/α,β-unsaturated/α-hetero) is 1. The van der Waals surface area contributed by atoms with E-state index in [9.17, 15) is 18.0 Å². The van der Waals surface area contributed by atoms with Gasteiger partial charge in [-0.15, -0.1) is 0 Å². The van der Waals surface area contributed by atoms with Crippen LogP contribution in [0, 0.1) is 5.92 Å². The third-order valence-electron chi connectivity index (χ3n) is 4.91. The van der Waals surface area contributed by atoms with Gasteiger partial charge in [0.1, 0.15) is 0 Å². The van der Waals surface area contributed by atoms with E-state index >= 15 is 0 Å². The van der Waals surface area contributed by atoms with Crippen LogP contribution in [0.3, 0.4) is 0 Å². The first kappa shape index (κ1) is 21.8. The van der Waals surface area contributed by atoms with Crippen molar-refractivity contribution >= 4 is 50.6 Å². The highest BCUT2D eigenvalue weighted by molar-refractivity contribution is 7.89. The van der Waals surface area contributed by atoms with E-state index in [2.05, 4.69) is 5.32 Å². The maximum Gasteiger partial charge on any atom is 0.243 e. The van der Waals surface area contributed by atoms with Crippen LogP contribution in [0.4, 0.5) is 5.69 Å². The van der Waals surface area contributed by atoms with Gasteiger partial charge in [0, 0.05) is 29.6 Å². The van der Waals surface area contributed by atoms with Gasteiger partial charge in [0.25, 0.3) is 0 Å². The molecule has 0 aliphatic carbocycles. The van der Waals surface area contributed by atoms with Crippen molar-refractivity contribution in [2.24, 2.45) is 5.92 Å². The molecule has 154 valence electrons. The Labute approximate surface area is 179 Å². The van der Waals surface area contributed by atoms with Crippen molar-refractivity contribution in [3.63, 3.8) is 0 Å². The minimum Gasteiger partial charge on any atom is -0.324 e. The highest BCUT2D eigenvalue weighted by Gasteiger charge is 2.32. The Balaban J connectivity index is 1.64. The van der Waals surface area contributed by atoms with Crippen LogP contribution < -0.4 is 5.32 Å². The minimum atomic E-state index is -3.67. The predicted molar refractivity (Wildman–Crippen MR) is 113 cm³/mol. The molecule has 29 heavy (non-hydrogen) atoms. The van der Waals surface area contributed by atoms with Crippen molar-refractivity contribution in [3.05, 3.63) is 58.1 Å². The number of nitrogens with one attached hydrogen (secondary N) is 1. The number of carbonyl (C=O) groups is 2. The summed E-state index contributed by atoms with van der Waals surface area (Å²) in [5, 5.41) is 3.61. The van der Waals surface area contributed by atoms with E-state index < -0.39 is 10.0 Å². The molecule has 2 aromatic rings. The first-order valence-electron chi connectivity index (χ1n) is 9.05. The fourth-order valence-corrected chi connectivity index (χ4v) is 5.00. The highest BCUT2D eigenvalue weighted by Crippen LogP contribution is 2.28. The summed E-state index contributed by atoms with van der Waals surface area (Å²) in [4.78, 5) is 24.0. The van der Waals surface area contributed by atoms with Gasteiger partial charge in [-0.2, -0.15) is 4.31 Å². The Kier molecular flexibility index (Phi) is 6.63. The molecule has 0 spiro atoms. The second-order valence-corrected chi connectivity index (χ2v) is 9.65. The van der Waals surface area contributed by atoms with E-state index in [0.717, 1.165) is 0 Å². The third-order valence-corrected chi connectivity index (χ3v) is 7.39. The van der Waals surface area contributed by atoms with Gasteiger partial charge in [-0.1, -0.05) is 35.3 Å². The van der Waals surface area contributed by atoms with Crippen LogP contribution in [0.2, 0.25) is 10.0 Å². The second kappa shape index (κ2) is 8.83. The van der Waals surface area contributed by atoms with Crippen LogP contribution in [-0.4, -0.2) is 37.5 Å². The number of carbonyl (C=O) groups excluding carboxylic acids is 2. The quantitative estimate of drug-likeness (QED) is 0.684. The number of amides is 1. The van der Waals surface area contributed by atoms with Crippen LogP contribution in [0.5, 0.6) is 0 Å². The molecule has 0 unspecified atom stereocenters. The number of rotatable bonds is 5. The van der Waals surface area contributed by atoms with Gasteiger partial charge >= 0.3 is 0 Å². The van der Waals surface area contributed by atoms with Crippen LogP contribution in [0.15, 0.2) is 47.4 Å². The zero-order chi connectivity index (χ0) is 21.2. The predicted octanol–water partition coefficient (Wildman–Crippen LogP) is 4.24. The highest BCUT2D eigenvalue weighted by atomic mass is 35.5. The Morgan fingerprint density at radius 3 is 2.24 bits per heavy atom. The molecule has 3 rings (SSSR count). The lowest BCUT2D eigenvalue weighted by molar-refractivity contribution is -0.120. The van der Waals surface area contributed by atoms with Crippen LogP contribution in [0.1, 0.15) is 30.1 Å². The van der Waals surface area contributed by atoms with Gasteiger partial charge < -0.3 is 5.32 Å². The molecule has 0 bridgehead atoms. The lowest BCUT2D eigenvalue weighted by Gasteiger charge is -2.30. The summed E-state index contributed by atoms with van der Waals surface area (Å²) < 4.78 is 27.0. The molecule has 1 aliphatic rings. The number of nitrogens with zero attached hydrogens (tertiary/aromatic N) is 1. The van der Waals surface area contributed by atoms with Crippen molar-refractivity contribution in [3.8, 4) is 0 Å². The molecule has 0 aromatic heterocycles. The smallest absolute Gasteiger partial charge is 0.243 e. The Morgan fingerprint density at radius 2 is 1.66 bits per heavy atom. The van der Waals surface area contributed by atoms with Crippen LogP contribution in [-0.2, 0) is 14.8 Å². The van der Waals surface area contributed by atoms with Gasteiger partial charge in [-0.25, -0.2) is 8.42 Å². The summed E-state index contributed by atoms with van der Waals surface area (Å²) in [5.41, 5.74) is 0.892. The van der Waals surface area contributed by atoms with Crippen molar-refractivity contribution in [1.82, 2.24) is 4.31 Å². The average molecular weight is 455 g/mol.